The predicted molar refractivity (Wildman–Crippen MR) is 83.4 cm³/mol. The molecule has 0 aliphatic carbocycles. The first-order chi connectivity index (χ1) is 10.3. The molecule has 1 aromatic carbocycles. The fraction of sp³-hybridized carbons (Fsp3) is 0.400. The van der Waals surface area contributed by atoms with Gasteiger partial charge < -0.3 is 5.32 Å². The van der Waals surface area contributed by atoms with Gasteiger partial charge in [0.15, 0.2) is 5.82 Å². The van der Waals surface area contributed by atoms with Crippen LogP contribution in [-0.4, -0.2) is 40.6 Å². The molecule has 0 radical (unpaired) electrons. The van der Waals surface area contributed by atoms with Crippen molar-refractivity contribution in [2.45, 2.75) is 19.3 Å². The van der Waals surface area contributed by atoms with E-state index in [4.69, 9.17) is 0 Å². The fourth-order valence-electron chi connectivity index (χ4n) is 3.10. The smallest absolute Gasteiger partial charge is 0.272 e. The van der Waals surface area contributed by atoms with E-state index in [0.29, 0.717) is 11.2 Å². The number of hydrogen-bond donors (Lipinski definition) is 2. The number of aromatic amines is 1. The summed E-state index contributed by atoms with van der Waals surface area (Å²) in [5.74, 6) is 1.50. The van der Waals surface area contributed by atoms with Gasteiger partial charge in [-0.25, -0.2) is 10.1 Å². The summed E-state index contributed by atoms with van der Waals surface area (Å²) in [7, 11) is 0. The van der Waals surface area contributed by atoms with Gasteiger partial charge >= 0.3 is 0 Å². The lowest BCUT2D eigenvalue weighted by Gasteiger charge is -2.28. The molecule has 0 amide bonds. The highest BCUT2D eigenvalue weighted by atomic mass is 16.1. The van der Waals surface area contributed by atoms with E-state index in [1.165, 1.54) is 19.3 Å². The molecule has 0 saturated carbocycles. The van der Waals surface area contributed by atoms with E-state index in [1.807, 2.05) is 12.1 Å². The van der Waals surface area contributed by atoms with Gasteiger partial charge in [0, 0.05) is 0 Å². The molecular weight excluding hydrogens is 266 g/mol. The minimum Gasteiger partial charge on any atom is -0.342 e. The van der Waals surface area contributed by atoms with Gasteiger partial charge in [0.2, 0.25) is 0 Å². The Hall–Kier alpha value is -2.21. The number of rotatable bonds is 2. The summed E-state index contributed by atoms with van der Waals surface area (Å²) in [4.78, 5) is 18.8. The van der Waals surface area contributed by atoms with Gasteiger partial charge in [-0.3, -0.25) is 9.69 Å². The monoisotopic (exact) mass is 283 g/mol. The minimum atomic E-state index is -0.174. The molecule has 0 bridgehead atoms. The normalized spacial score (nSPS) is 18.4. The first-order valence-corrected chi connectivity index (χ1v) is 7.39. The molecule has 1 saturated heterocycles. The second-order valence-corrected chi connectivity index (χ2v) is 5.62. The number of amidine groups is 1. The highest BCUT2D eigenvalue weighted by molar-refractivity contribution is 6.12. The number of nitrogens with zero attached hydrogens (tertiary/aromatic N) is 3. The molecule has 2 aliphatic heterocycles. The zero-order valence-electron chi connectivity index (χ0n) is 11.7. The maximum atomic E-state index is 11.8. The summed E-state index contributed by atoms with van der Waals surface area (Å²) in [6.07, 6.45) is 3.83. The summed E-state index contributed by atoms with van der Waals surface area (Å²) in [5, 5.41) is 11.4. The van der Waals surface area contributed by atoms with Gasteiger partial charge in [0.05, 0.1) is 23.0 Å². The Kier molecular flexibility index (Phi) is 2.96. The van der Waals surface area contributed by atoms with E-state index in [0.717, 1.165) is 36.5 Å². The Bertz CT molecular complexity index is 773. The van der Waals surface area contributed by atoms with Gasteiger partial charge in [0.25, 0.3) is 5.56 Å². The number of H-pyrrole nitrogens is 1. The topological polar surface area (TPSA) is 73.4 Å². The summed E-state index contributed by atoms with van der Waals surface area (Å²) in [6, 6.07) is 5.65. The van der Waals surface area contributed by atoms with E-state index in [2.05, 4.69) is 25.4 Å². The third-order valence-corrected chi connectivity index (χ3v) is 4.14. The number of aliphatic imine (C=N–C) groups is 1. The van der Waals surface area contributed by atoms with Crippen molar-refractivity contribution in [2.24, 2.45) is 4.99 Å². The van der Waals surface area contributed by atoms with Crippen molar-refractivity contribution >= 4 is 28.1 Å². The molecule has 2 aliphatic rings. The zero-order valence-corrected chi connectivity index (χ0v) is 11.7. The van der Waals surface area contributed by atoms with Crippen molar-refractivity contribution in [3.63, 3.8) is 0 Å². The maximum absolute atomic E-state index is 11.8. The van der Waals surface area contributed by atoms with Gasteiger partial charge in [-0.15, -0.1) is 0 Å². The summed E-state index contributed by atoms with van der Waals surface area (Å²) < 4.78 is 0. The minimum absolute atomic E-state index is 0.174. The molecule has 2 aromatic rings. The van der Waals surface area contributed by atoms with Gasteiger partial charge in [-0.2, -0.15) is 5.10 Å². The van der Waals surface area contributed by atoms with Crippen LogP contribution in [0.15, 0.2) is 28.0 Å². The number of anilines is 1. The molecule has 1 fully saturated rings. The molecule has 6 heteroatoms. The summed E-state index contributed by atoms with van der Waals surface area (Å²) in [5.41, 5.74) is 0.746. The van der Waals surface area contributed by atoms with Crippen molar-refractivity contribution in [3.05, 3.63) is 28.6 Å². The molecule has 21 heavy (non-hydrogen) atoms. The van der Waals surface area contributed by atoms with Gasteiger partial charge in [0.1, 0.15) is 5.84 Å². The number of hydrogen-bond acceptors (Lipinski definition) is 5. The molecule has 3 heterocycles. The number of benzene rings is 1. The predicted octanol–water partition coefficient (Wildman–Crippen LogP) is 1.86. The lowest BCUT2D eigenvalue weighted by molar-refractivity contribution is 0.258. The Morgan fingerprint density at radius 3 is 2.90 bits per heavy atom. The largest absolute Gasteiger partial charge is 0.342 e. The molecule has 108 valence electrons. The van der Waals surface area contributed by atoms with Crippen LogP contribution in [0.4, 0.5) is 11.5 Å². The van der Waals surface area contributed by atoms with Crippen molar-refractivity contribution in [2.75, 3.05) is 25.0 Å². The van der Waals surface area contributed by atoms with E-state index < -0.39 is 0 Å². The van der Waals surface area contributed by atoms with Crippen molar-refractivity contribution in [1.29, 1.82) is 0 Å². The molecule has 0 spiro atoms. The summed E-state index contributed by atoms with van der Waals surface area (Å²) >= 11 is 0. The molecule has 1 aromatic heterocycles. The van der Waals surface area contributed by atoms with Crippen molar-refractivity contribution < 1.29 is 0 Å². The average molecular weight is 283 g/mol. The van der Waals surface area contributed by atoms with Crippen LogP contribution in [0.5, 0.6) is 0 Å². The number of piperidine rings is 1. The summed E-state index contributed by atoms with van der Waals surface area (Å²) in [6.45, 7) is 3.05. The van der Waals surface area contributed by atoms with Crippen LogP contribution in [0.2, 0.25) is 0 Å². The van der Waals surface area contributed by atoms with Crippen LogP contribution in [0, 0.1) is 0 Å². The number of likely N-dealkylation sites (tertiary alicyclic amines) is 1. The standard InChI is InChI=1S/C15H17N5O/c21-15-10-5-4-6-11-13(10)14(18-19-15)17-12(16-11)9-20-7-2-1-3-8-20/h4-6H,1-3,7-9H2,(H,19,21)(H,16,17,18). The second-order valence-electron chi connectivity index (χ2n) is 5.62. The van der Waals surface area contributed by atoms with Crippen LogP contribution >= 0.6 is 0 Å². The zero-order chi connectivity index (χ0) is 14.2. The second kappa shape index (κ2) is 4.96. The lowest BCUT2D eigenvalue weighted by Crippen LogP contribution is -2.37. The van der Waals surface area contributed by atoms with Gasteiger partial charge in [-0.05, 0) is 38.1 Å². The van der Waals surface area contributed by atoms with Crippen LogP contribution in [0.3, 0.4) is 0 Å². The third kappa shape index (κ3) is 2.21. The first kappa shape index (κ1) is 12.5. The number of aromatic nitrogens is 2. The highest BCUT2D eigenvalue weighted by Gasteiger charge is 2.19. The molecule has 0 unspecified atom stereocenters. The maximum Gasteiger partial charge on any atom is 0.272 e. The average Bonchev–Trinajstić information content (AvgIpc) is 2.52. The third-order valence-electron chi connectivity index (χ3n) is 4.14. The lowest BCUT2D eigenvalue weighted by atomic mass is 10.1. The molecule has 0 atom stereocenters. The fourth-order valence-corrected chi connectivity index (χ4v) is 3.10. The quantitative estimate of drug-likeness (QED) is 0.882. The van der Waals surface area contributed by atoms with E-state index >= 15 is 0 Å². The highest BCUT2D eigenvalue weighted by Crippen LogP contribution is 2.31. The van der Waals surface area contributed by atoms with E-state index in [-0.39, 0.29) is 5.56 Å². The molecule has 4 rings (SSSR count). The Balaban J connectivity index is 1.72. The Morgan fingerprint density at radius 1 is 1.19 bits per heavy atom. The van der Waals surface area contributed by atoms with Crippen LogP contribution in [0.1, 0.15) is 19.3 Å². The first-order valence-electron chi connectivity index (χ1n) is 7.39. The molecule has 6 nitrogen and oxygen atoms in total. The van der Waals surface area contributed by atoms with Gasteiger partial charge in [-0.1, -0.05) is 12.5 Å². The SMILES string of the molecule is O=c1[nH]nc2c3c(cccc13)NC(CN1CCCCC1)=N2. The number of nitrogens with one attached hydrogen (secondary N) is 2. The van der Waals surface area contributed by atoms with E-state index in [9.17, 15) is 4.79 Å². The Morgan fingerprint density at radius 2 is 2.05 bits per heavy atom. The van der Waals surface area contributed by atoms with E-state index in [1.54, 1.807) is 6.07 Å². The molecule has 2 N–H and O–H groups in total. The van der Waals surface area contributed by atoms with Crippen LogP contribution in [-0.2, 0) is 0 Å². The van der Waals surface area contributed by atoms with Crippen LogP contribution < -0.4 is 10.9 Å². The van der Waals surface area contributed by atoms with Crippen LogP contribution in [0.25, 0.3) is 10.8 Å². The molecular formula is C15H17N5O. The van der Waals surface area contributed by atoms with Crippen molar-refractivity contribution in [3.8, 4) is 0 Å². The Labute approximate surface area is 121 Å². The van der Waals surface area contributed by atoms with Crippen molar-refractivity contribution in [1.82, 2.24) is 15.1 Å².